The standard InChI is InChI=1S/C20H19N5O3S2/c1-2-28-20(27)16-13-5-3-4-6-14(13)30-19(16)24-15(26)10-29-18-12(9-22)7-11(8-21)17(23)25-18/h7H,2-6,10H2,1H3,(H2,23,25)(H,24,26). The lowest BCUT2D eigenvalue weighted by molar-refractivity contribution is -0.113. The van der Waals surface area contributed by atoms with Crippen LogP contribution in [-0.2, 0) is 22.4 Å². The van der Waals surface area contributed by atoms with Crippen LogP contribution in [0.25, 0.3) is 0 Å². The highest BCUT2D eigenvalue weighted by molar-refractivity contribution is 8.00. The van der Waals surface area contributed by atoms with E-state index in [1.54, 1.807) is 6.92 Å². The van der Waals surface area contributed by atoms with Crippen LogP contribution in [0.15, 0.2) is 11.1 Å². The number of thioether (sulfide) groups is 1. The molecule has 30 heavy (non-hydrogen) atoms. The Bertz CT molecular complexity index is 1080. The Labute approximate surface area is 182 Å². The monoisotopic (exact) mass is 441 g/mol. The number of anilines is 2. The van der Waals surface area contributed by atoms with E-state index in [0.717, 1.165) is 47.9 Å². The Morgan fingerprint density at radius 2 is 2.03 bits per heavy atom. The molecule has 0 bridgehead atoms. The Balaban J connectivity index is 1.77. The number of nitrogen functional groups attached to an aromatic ring is 1. The largest absolute Gasteiger partial charge is 0.462 e. The van der Waals surface area contributed by atoms with Crippen molar-refractivity contribution in [3.8, 4) is 12.1 Å². The zero-order chi connectivity index (χ0) is 21.7. The molecule has 0 saturated heterocycles. The van der Waals surface area contributed by atoms with E-state index in [4.69, 9.17) is 15.7 Å². The molecule has 0 fully saturated rings. The van der Waals surface area contributed by atoms with Crippen molar-refractivity contribution in [2.24, 2.45) is 0 Å². The number of carbonyl (C=O) groups excluding carboxylic acids is 2. The molecule has 3 N–H and O–H groups in total. The van der Waals surface area contributed by atoms with Gasteiger partial charge < -0.3 is 15.8 Å². The highest BCUT2D eigenvalue weighted by atomic mass is 32.2. The van der Waals surface area contributed by atoms with Crippen LogP contribution in [-0.4, -0.2) is 29.2 Å². The number of nitrogens with two attached hydrogens (primary N) is 1. The lowest BCUT2D eigenvalue weighted by atomic mass is 9.95. The van der Waals surface area contributed by atoms with Crippen LogP contribution in [0.5, 0.6) is 0 Å². The molecule has 1 aliphatic rings. The molecule has 2 heterocycles. The van der Waals surface area contributed by atoms with E-state index in [9.17, 15) is 14.9 Å². The average molecular weight is 442 g/mol. The van der Waals surface area contributed by atoms with Gasteiger partial charge in [0.05, 0.1) is 29.1 Å². The van der Waals surface area contributed by atoms with Crippen LogP contribution >= 0.6 is 23.1 Å². The second-order valence-corrected chi connectivity index (χ2v) is 8.54. The van der Waals surface area contributed by atoms with Crippen molar-refractivity contribution in [3.05, 3.63) is 33.2 Å². The van der Waals surface area contributed by atoms with Crippen LogP contribution < -0.4 is 11.1 Å². The van der Waals surface area contributed by atoms with Gasteiger partial charge in [0.15, 0.2) is 0 Å². The molecule has 2 aromatic rings. The fraction of sp³-hybridized carbons (Fsp3) is 0.350. The van der Waals surface area contributed by atoms with Gasteiger partial charge in [-0.2, -0.15) is 10.5 Å². The Morgan fingerprint density at radius 3 is 2.73 bits per heavy atom. The highest BCUT2D eigenvalue weighted by Gasteiger charge is 2.27. The number of carbonyl (C=O) groups is 2. The lowest BCUT2D eigenvalue weighted by Gasteiger charge is -2.12. The van der Waals surface area contributed by atoms with Gasteiger partial charge in [-0.1, -0.05) is 11.8 Å². The number of nitriles is 2. The van der Waals surface area contributed by atoms with Crippen molar-refractivity contribution in [1.29, 1.82) is 10.5 Å². The molecule has 8 nitrogen and oxygen atoms in total. The summed E-state index contributed by atoms with van der Waals surface area (Å²) in [6.07, 6.45) is 3.74. The third-order valence-electron chi connectivity index (χ3n) is 4.50. The molecular weight excluding hydrogens is 422 g/mol. The lowest BCUT2D eigenvalue weighted by Crippen LogP contribution is -2.17. The maximum Gasteiger partial charge on any atom is 0.341 e. The molecule has 0 atom stereocenters. The molecule has 154 valence electrons. The van der Waals surface area contributed by atoms with Gasteiger partial charge in [-0.05, 0) is 44.2 Å². The first-order chi connectivity index (χ1) is 14.5. The number of fused-ring (bicyclic) bond motifs is 1. The molecule has 0 aliphatic heterocycles. The predicted molar refractivity (Wildman–Crippen MR) is 114 cm³/mol. The zero-order valence-corrected chi connectivity index (χ0v) is 17.9. The summed E-state index contributed by atoms with van der Waals surface area (Å²) in [7, 11) is 0. The molecule has 0 saturated carbocycles. The molecule has 1 aliphatic carbocycles. The number of nitrogens with one attached hydrogen (secondary N) is 1. The fourth-order valence-corrected chi connectivity index (χ4v) is 5.22. The third-order valence-corrected chi connectivity index (χ3v) is 6.70. The van der Waals surface area contributed by atoms with E-state index < -0.39 is 5.97 Å². The van der Waals surface area contributed by atoms with Crippen molar-refractivity contribution in [2.45, 2.75) is 37.6 Å². The number of aryl methyl sites for hydroxylation is 1. The van der Waals surface area contributed by atoms with E-state index in [2.05, 4.69) is 10.3 Å². The second-order valence-electron chi connectivity index (χ2n) is 6.47. The number of hydrogen-bond acceptors (Lipinski definition) is 9. The molecule has 2 aromatic heterocycles. The van der Waals surface area contributed by atoms with Crippen LogP contribution in [0.1, 0.15) is 51.7 Å². The number of hydrogen-bond donors (Lipinski definition) is 2. The van der Waals surface area contributed by atoms with E-state index in [0.29, 0.717) is 10.6 Å². The number of amides is 1. The van der Waals surface area contributed by atoms with Gasteiger partial charge in [0.1, 0.15) is 28.0 Å². The molecule has 0 aromatic carbocycles. The van der Waals surface area contributed by atoms with E-state index in [1.807, 2.05) is 12.1 Å². The number of aromatic nitrogens is 1. The van der Waals surface area contributed by atoms with E-state index in [-0.39, 0.29) is 40.2 Å². The normalized spacial score (nSPS) is 12.4. The summed E-state index contributed by atoms with van der Waals surface area (Å²) in [4.78, 5) is 30.2. The first-order valence-electron chi connectivity index (χ1n) is 9.33. The molecule has 10 heteroatoms. The summed E-state index contributed by atoms with van der Waals surface area (Å²) in [5.41, 5.74) is 7.43. The number of nitrogens with zero attached hydrogens (tertiary/aromatic N) is 3. The number of esters is 1. The smallest absolute Gasteiger partial charge is 0.341 e. The van der Waals surface area contributed by atoms with Gasteiger partial charge in [-0.3, -0.25) is 4.79 Å². The highest BCUT2D eigenvalue weighted by Crippen LogP contribution is 2.38. The molecule has 3 rings (SSSR count). The van der Waals surface area contributed by atoms with Gasteiger partial charge in [-0.25, -0.2) is 9.78 Å². The van der Waals surface area contributed by atoms with Crippen LogP contribution in [0, 0.1) is 22.7 Å². The first-order valence-corrected chi connectivity index (χ1v) is 11.1. The summed E-state index contributed by atoms with van der Waals surface area (Å²) in [6, 6.07) is 5.19. The number of rotatable bonds is 6. The summed E-state index contributed by atoms with van der Waals surface area (Å²) < 4.78 is 5.19. The molecule has 1 amide bonds. The van der Waals surface area contributed by atoms with Crippen LogP contribution in [0.4, 0.5) is 10.8 Å². The van der Waals surface area contributed by atoms with Crippen molar-refractivity contribution >= 4 is 45.8 Å². The van der Waals surface area contributed by atoms with E-state index in [1.165, 1.54) is 17.4 Å². The second kappa shape index (κ2) is 9.61. The van der Waals surface area contributed by atoms with Crippen LogP contribution in [0.3, 0.4) is 0 Å². The molecule has 0 radical (unpaired) electrons. The SMILES string of the molecule is CCOC(=O)c1c(NC(=O)CSc2nc(N)c(C#N)cc2C#N)sc2c1CCCC2. The minimum Gasteiger partial charge on any atom is -0.462 e. The quantitative estimate of drug-likeness (QED) is 0.514. The number of pyridine rings is 1. The summed E-state index contributed by atoms with van der Waals surface area (Å²) >= 11 is 2.46. The van der Waals surface area contributed by atoms with Gasteiger partial charge in [-0.15, -0.1) is 11.3 Å². The number of ether oxygens (including phenoxy) is 1. The van der Waals surface area contributed by atoms with Crippen molar-refractivity contribution in [1.82, 2.24) is 4.98 Å². The maximum atomic E-state index is 12.6. The molecular formula is C20H19N5O3S2. The third kappa shape index (κ3) is 4.56. The Morgan fingerprint density at radius 1 is 1.30 bits per heavy atom. The zero-order valence-electron chi connectivity index (χ0n) is 16.3. The minimum atomic E-state index is -0.423. The minimum absolute atomic E-state index is 0.00920. The number of thiophene rings is 1. The van der Waals surface area contributed by atoms with Gasteiger partial charge in [0.2, 0.25) is 5.91 Å². The predicted octanol–water partition coefficient (Wildman–Crippen LogP) is 3.25. The van der Waals surface area contributed by atoms with Crippen LogP contribution in [0.2, 0.25) is 0 Å². The summed E-state index contributed by atoms with van der Waals surface area (Å²) in [6.45, 7) is 2.00. The van der Waals surface area contributed by atoms with Crippen molar-refractivity contribution < 1.29 is 14.3 Å². The Kier molecular flexibility index (Phi) is 6.93. The van der Waals surface area contributed by atoms with Crippen molar-refractivity contribution in [3.63, 3.8) is 0 Å². The molecule has 0 unspecified atom stereocenters. The fourth-order valence-electron chi connectivity index (χ4n) is 3.16. The first kappa shape index (κ1) is 21.6. The topological polar surface area (TPSA) is 142 Å². The van der Waals surface area contributed by atoms with Gasteiger partial charge in [0.25, 0.3) is 0 Å². The summed E-state index contributed by atoms with van der Waals surface area (Å²) in [5, 5.41) is 21.9. The average Bonchev–Trinajstić information content (AvgIpc) is 3.10. The van der Waals surface area contributed by atoms with Gasteiger partial charge in [0, 0.05) is 4.88 Å². The summed E-state index contributed by atoms with van der Waals surface area (Å²) in [5.74, 6) is -0.779. The molecule has 0 spiro atoms. The Hall–Kier alpha value is -3.08. The van der Waals surface area contributed by atoms with E-state index >= 15 is 0 Å². The van der Waals surface area contributed by atoms with Gasteiger partial charge >= 0.3 is 5.97 Å². The van der Waals surface area contributed by atoms with Crippen molar-refractivity contribution in [2.75, 3.05) is 23.4 Å². The maximum absolute atomic E-state index is 12.6.